The summed E-state index contributed by atoms with van der Waals surface area (Å²) < 4.78 is 0. The Hall–Kier alpha value is -2.34. The highest BCUT2D eigenvalue weighted by Crippen LogP contribution is 2.16. The van der Waals surface area contributed by atoms with Gasteiger partial charge in [0.15, 0.2) is 0 Å². The largest absolute Gasteiger partial charge is 0.333 e. The summed E-state index contributed by atoms with van der Waals surface area (Å²) in [5.74, 6) is 0.281. The predicted molar refractivity (Wildman–Crippen MR) is 124 cm³/mol. The van der Waals surface area contributed by atoms with Crippen LogP contribution in [0.15, 0.2) is 47.8 Å². The second kappa shape index (κ2) is 11.2. The minimum atomic E-state index is -0.353. The number of amides is 3. The average Bonchev–Trinajstić information content (AvgIpc) is 3.19. The Morgan fingerprint density at radius 2 is 1.73 bits per heavy atom. The molecule has 0 spiro atoms. The Morgan fingerprint density at radius 1 is 1.03 bits per heavy atom. The highest BCUT2D eigenvalue weighted by Gasteiger charge is 2.25. The zero-order valence-electron chi connectivity index (χ0n) is 18.9. The quantitative estimate of drug-likeness (QED) is 0.600. The Morgan fingerprint density at radius 3 is 2.30 bits per heavy atom. The summed E-state index contributed by atoms with van der Waals surface area (Å²) in [5, 5.41) is 5.03. The molecule has 0 saturated heterocycles. The van der Waals surface area contributed by atoms with Gasteiger partial charge in [-0.3, -0.25) is 4.79 Å². The van der Waals surface area contributed by atoms with Gasteiger partial charge in [-0.25, -0.2) is 4.79 Å². The van der Waals surface area contributed by atoms with E-state index in [4.69, 9.17) is 0 Å². The van der Waals surface area contributed by atoms with Crippen molar-refractivity contribution in [3.8, 4) is 0 Å². The maximum Gasteiger partial charge on any atom is 0.318 e. The molecule has 0 bridgehead atoms. The van der Waals surface area contributed by atoms with Crippen molar-refractivity contribution in [2.75, 3.05) is 13.1 Å². The molecule has 164 valence electrons. The van der Waals surface area contributed by atoms with Crippen molar-refractivity contribution in [2.45, 2.75) is 59.7 Å². The summed E-state index contributed by atoms with van der Waals surface area (Å²) in [6.07, 6.45) is 0.955. The first kappa shape index (κ1) is 23.9. The third kappa shape index (κ3) is 8.19. The van der Waals surface area contributed by atoms with Crippen molar-refractivity contribution < 1.29 is 9.59 Å². The summed E-state index contributed by atoms with van der Waals surface area (Å²) >= 11 is 1.64. The number of hydrogen-bond acceptors (Lipinski definition) is 3. The van der Waals surface area contributed by atoms with Gasteiger partial charge in [0, 0.05) is 23.5 Å². The van der Waals surface area contributed by atoms with Crippen molar-refractivity contribution in [3.63, 3.8) is 0 Å². The fourth-order valence-electron chi connectivity index (χ4n) is 3.01. The van der Waals surface area contributed by atoms with Gasteiger partial charge in [-0.2, -0.15) is 0 Å². The van der Waals surface area contributed by atoms with E-state index in [9.17, 15) is 9.59 Å². The SMILES string of the molecule is CC[C@H](C)CN(CC(=O)N(Cc1ccccc1)Cc1cccs1)C(=O)NC(C)(C)C. The smallest absolute Gasteiger partial charge is 0.318 e. The van der Waals surface area contributed by atoms with Gasteiger partial charge < -0.3 is 15.1 Å². The van der Waals surface area contributed by atoms with Crippen LogP contribution in [0.5, 0.6) is 0 Å². The maximum atomic E-state index is 13.3. The minimum absolute atomic E-state index is 0.0420. The fraction of sp³-hybridized carbons (Fsp3) is 0.500. The molecule has 6 heteroatoms. The molecule has 30 heavy (non-hydrogen) atoms. The van der Waals surface area contributed by atoms with Crippen LogP contribution in [0, 0.1) is 5.92 Å². The number of urea groups is 1. The highest BCUT2D eigenvalue weighted by molar-refractivity contribution is 7.09. The second-order valence-corrected chi connectivity index (χ2v) is 9.92. The van der Waals surface area contributed by atoms with E-state index in [1.165, 1.54) is 0 Å². The van der Waals surface area contributed by atoms with Crippen molar-refractivity contribution >= 4 is 23.3 Å². The number of thiophene rings is 1. The first-order chi connectivity index (χ1) is 14.2. The van der Waals surface area contributed by atoms with Crippen molar-refractivity contribution in [3.05, 3.63) is 58.3 Å². The van der Waals surface area contributed by atoms with E-state index in [-0.39, 0.29) is 24.0 Å². The lowest BCUT2D eigenvalue weighted by molar-refractivity contribution is -0.133. The zero-order valence-corrected chi connectivity index (χ0v) is 19.7. The molecule has 0 saturated carbocycles. The summed E-state index contributed by atoms with van der Waals surface area (Å²) in [6, 6.07) is 13.8. The van der Waals surface area contributed by atoms with Crippen LogP contribution in [0.1, 0.15) is 51.5 Å². The van der Waals surface area contributed by atoms with E-state index in [1.807, 2.05) is 73.5 Å². The van der Waals surface area contributed by atoms with Crippen molar-refractivity contribution in [1.82, 2.24) is 15.1 Å². The van der Waals surface area contributed by atoms with Crippen LogP contribution < -0.4 is 5.32 Å². The minimum Gasteiger partial charge on any atom is -0.333 e. The third-order valence-electron chi connectivity index (χ3n) is 4.82. The molecule has 2 rings (SSSR count). The van der Waals surface area contributed by atoms with Gasteiger partial charge in [0.05, 0.1) is 6.54 Å². The molecule has 5 nitrogen and oxygen atoms in total. The van der Waals surface area contributed by atoms with Crippen LogP contribution in [0.3, 0.4) is 0 Å². The van der Waals surface area contributed by atoms with E-state index < -0.39 is 0 Å². The van der Waals surface area contributed by atoms with Gasteiger partial charge in [0.1, 0.15) is 6.54 Å². The maximum absolute atomic E-state index is 13.3. The van der Waals surface area contributed by atoms with Crippen LogP contribution >= 0.6 is 11.3 Å². The Bertz CT molecular complexity index is 785. The normalized spacial score (nSPS) is 12.3. The van der Waals surface area contributed by atoms with Crippen LogP contribution in [-0.2, 0) is 17.9 Å². The number of hydrogen-bond donors (Lipinski definition) is 1. The van der Waals surface area contributed by atoms with Gasteiger partial charge in [-0.05, 0) is 43.7 Å². The molecular formula is C24H35N3O2S. The average molecular weight is 430 g/mol. The summed E-state index contributed by atoms with van der Waals surface area (Å²) in [6.45, 7) is 11.8. The van der Waals surface area contributed by atoms with E-state index >= 15 is 0 Å². The van der Waals surface area contributed by atoms with Crippen LogP contribution in [0.2, 0.25) is 0 Å². The lowest BCUT2D eigenvalue weighted by atomic mass is 10.1. The second-order valence-electron chi connectivity index (χ2n) is 8.89. The lowest BCUT2D eigenvalue weighted by Gasteiger charge is -2.32. The molecule has 2 aromatic rings. The number of benzene rings is 1. The van der Waals surface area contributed by atoms with E-state index in [0.29, 0.717) is 25.6 Å². The number of nitrogens with zero attached hydrogens (tertiary/aromatic N) is 2. The Kier molecular flexibility index (Phi) is 8.90. The van der Waals surface area contributed by atoms with E-state index in [1.54, 1.807) is 16.2 Å². The molecule has 1 atom stereocenters. The van der Waals surface area contributed by atoms with Crippen LogP contribution in [-0.4, -0.2) is 40.4 Å². The topological polar surface area (TPSA) is 52.7 Å². The van der Waals surface area contributed by atoms with Crippen LogP contribution in [0.4, 0.5) is 4.79 Å². The highest BCUT2D eigenvalue weighted by atomic mass is 32.1. The van der Waals surface area contributed by atoms with Crippen molar-refractivity contribution in [1.29, 1.82) is 0 Å². The predicted octanol–water partition coefficient (Wildman–Crippen LogP) is 5.13. The number of nitrogens with one attached hydrogen (secondary N) is 1. The fourth-order valence-corrected chi connectivity index (χ4v) is 3.73. The number of rotatable bonds is 9. The zero-order chi connectivity index (χ0) is 22.1. The van der Waals surface area contributed by atoms with Crippen molar-refractivity contribution in [2.24, 2.45) is 5.92 Å². The molecule has 1 N–H and O–H groups in total. The first-order valence-corrected chi connectivity index (χ1v) is 11.5. The molecule has 0 unspecified atom stereocenters. The third-order valence-corrected chi connectivity index (χ3v) is 5.68. The van der Waals surface area contributed by atoms with E-state index in [2.05, 4.69) is 19.2 Å². The van der Waals surface area contributed by atoms with Gasteiger partial charge in [0.2, 0.25) is 5.91 Å². The molecule has 0 aliphatic heterocycles. The summed E-state index contributed by atoms with van der Waals surface area (Å²) in [4.78, 5) is 30.9. The van der Waals surface area contributed by atoms with Crippen LogP contribution in [0.25, 0.3) is 0 Å². The molecule has 0 radical (unpaired) electrons. The molecule has 1 aromatic carbocycles. The number of carbonyl (C=O) groups excluding carboxylic acids is 2. The molecular weight excluding hydrogens is 394 g/mol. The molecule has 0 aliphatic carbocycles. The molecule has 0 fully saturated rings. The molecule has 3 amide bonds. The monoisotopic (exact) mass is 429 g/mol. The van der Waals surface area contributed by atoms with Gasteiger partial charge in [-0.15, -0.1) is 11.3 Å². The Balaban J connectivity index is 2.18. The van der Waals surface area contributed by atoms with Gasteiger partial charge in [-0.1, -0.05) is 56.7 Å². The van der Waals surface area contributed by atoms with Gasteiger partial charge >= 0.3 is 6.03 Å². The van der Waals surface area contributed by atoms with E-state index in [0.717, 1.165) is 16.9 Å². The standard InChI is InChI=1S/C24H35N3O2S/c1-6-19(2)15-27(23(29)25-24(3,4)5)18-22(28)26(17-21-13-10-14-30-21)16-20-11-8-7-9-12-20/h7-14,19H,6,15-18H2,1-5H3,(H,25,29)/t19-/m0/s1. The first-order valence-electron chi connectivity index (χ1n) is 10.6. The number of carbonyl (C=O) groups is 2. The molecule has 1 heterocycles. The summed E-state index contributed by atoms with van der Waals surface area (Å²) in [5.41, 5.74) is 0.726. The molecule has 0 aliphatic rings. The molecule has 1 aromatic heterocycles. The van der Waals surface area contributed by atoms with Gasteiger partial charge in [0.25, 0.3) is 0 Å². The lowest BCUT2D eigenvalue weighted by Crippen LogP contribution is -2.52. The summed E-state index contributed by atoms with van der Waals surface area (Å²) in [7, 11) is 0. The Labute approximate surface area is 185 Å².